The van der Waals surface area contributed by atoms with Gasteiger partial charge in [0.05, 0.1) is 13.7 Å². The zero-order valence-corrected chi connectivity index (χ0v) is 14.9. The van der Waals surface area contributed by atoms with E-state index < -0.39 is 0 Å². The highest BCUT2D eigenvalue weighted by Crippen LogP contribution is 2.33. The summed E-state index contributed by atoms with van der Waals surface area (Å²) in [4.78, 5) is 4.53. The van der Waals surface area contributed by atoms with Crippen LogP contribution >= 0.6 is 0 Å². The minimum atomic E-state index is 0.507. The number of fused-ring (bicyclic) bond motifs is 1. The van der Waals surface area contributed by atoms with E-state index in [-0.39, 0.29) is 0 Å². The van der Waals surface area contributed by atoms with Crippen molar-refractivity contribution in [3.63, 3.8) is 0 Å². The third kappa shape index (κ3) is 3.98. The van der Waals surface area contributed by atoms with Gasteiger partial charge in [0, 0.05) is 37.9 Å². The average Bonchev–Trinajstić information content (AvgIpc) is 3.34. The molecule has 0 bridgehead atoms. The first-order valence-electron chi connectivity index (χ1n) is 9.35. The maximum Gasteiger partial charge on any atom is 0.161 e. The van der Waals surface area contributed by atoms with Gasteiger partial charge in [-0.15, -0.1) is 0 Å². The topological polar surface area (TPSA) is 48.3 Å². The predicted molar refractivity (Wildman–Crippen MR) is 97.1 cm³/mol. The van der Waals surface area contributed by atoms with Crippen molar-refractivity contribution in [1.82, 2.24) is 14.9 Å². The number of ether oxygens (including phenoxy) is 2. The third-order valence-electron chi connectivity index (χ3n) is 5.18. The Morgan fingerprint density at radius 3 is 3.00 bits per heavy atom. The molecule has 2 aromatic rings. The normalized spacial score (nSPS) is 19.5. The smallest absolute Gasteiger partial charge is 0.161 e. The van der Waals surface area contributed by atoms with Gasteiger partial charge in [0.2, 0.25) is 0 Å². The molecule has 1 aromatic heterocycles. The lowest BCUT2D eigenvalue weighted by molar-refractivity contribution is 0.280. The molecule has 1 fully saturated rings. The van der Waals surface area contributed by atoms with Gasteiger partial charge in [0.25, 0.3) is 0 Å². The molecule has 4 rings (SSSR count). The Morgan fingerprint density at radius 1 is 1.24 bits per heavy atom. The Hall–Kier alpha value is -2.01. The lowest BCUT2D eigenvalue weighted by Crippen LogP contribution is -2.26. The Labute approximate surface area is 149 Å². The monoisotopic (exact) mass is 341 g/mol. The number of aryl methyl sites for hydroxylation is 1. The van der Waals surface area contributed by atoms with E-state index in [1.807, 2.05) is 12.3 Å². The molecule has 1 N–H and O–H groups in total. The standard InChI is InChI=1S/C20H27N3O2/c1-24-18-7-6-16(11-19(18)25-14-15-4-5-15)12-21-13-17-3-2-9-23-10-8-22-20(17)23/h6-8,10-11,15,17,21H,2-5,9,12-14H2,1H3. The minimum Gasteiger partial charge on any atom is -0.493 e. The maximum absolute atomic E-state index is 5.96. The fourth-order valence-corrected chi connectivity index (χ4v) is 3.53. The van der Waals surface area contributed by atoms with Crippen LogP contribution in [0.1, 0.15) is 43.0 Å². The van der Waals surface area contributed by atoms with Crippen molar-refractivity contribution in [1.29, 1.82) is 0 Å². The van der Waals surface area contributed by atoms with Crippen molar-refractivity contribution in [3.8, 4) is 11.5 Å². The number of hydrogen-bond donors (Lipinski definition) is 1. The predicted octanol–water partition coefficient (Wildman–Crippen LogP) is 3.35. The fourth-order valence-electron chi connectivity index (χ4n) is 3.53. The maximum atomic E-state index is 5.96. The number of aromatic nitrogens is 2. The Morgan fingerprint density at radius 2 is 2.16 bits per heavy atom. The lowest BCUT2D eigenvalue weighted by atomic mass is 9.99. The second kappa shape index (κ2) is 7.48. The van der Waals surface area contributed by atoms with Crippen molar-refractivity contribution in [2.75, 3.05) is 20.3 Å². The molecule has 1 aromatic carbocycles. The van der Waals surface area contributed by atoms with Gasteiger partial charge in [-0.05, 0) is 49.3 Å². The molecule has 2 aliphatic rings. The van der Waals surface area contributed by atoms with Crippen LogP contribution in [0.15, 0.2) is 30.6 Å². The number of benzene rings is 1. The highest BCUT2D eigenvalue weighted by Gasteiger charge is 2.23. The summed E-state index contributed by atoms with van der Waals surface area (Å²) < 4.78 is 13.7. The number of nitrogens with zero attached hydrogens (tertiary/aromatic N) is 2. The van der Waals surface area contributed by atoms with Gasteiger partial charge in [-0.25, -0.2) is 4.98 Å². The molecule has 1 aliphatic heterocycles. The van der Waals surface area contributed by atoms with Crippen LogP contribution in [0.25, 0.3) is 0 Å². The fraction of sp³-hybridized carbons (Fsp3) is 0.550. The van der Waals surface area contributed by atoms with E-state index in [1.165, 1.54) is 37.1 Å². The van der Waals surface area contributed by atoms with Crippen molar-refractivity contribution in [3.05, 3.63) is 42.0 Å². The molecule has 0 radical (unpaired) electrons. The molecule has 1 aliphatic carbocycles. The summed E-state index contributed by atoms with van der Waals surface area (Å²) in [6.07, 6.45) is 9.04. The van der Waals surface area contributed by atoms with E-state index >= 15 is 0 Å². The van der Waals surface area contributed by atoms with E-state index in [0.717, 1.165) is 43.7 Å². The van der Waals surface area contributed by atoms with Gasteiger partial charge in [0.1, 0.15) is 5.82 Å². The van der Waals surface area contributed by atoms with Crippen LogP contribution in [0, 0.1) is 5.92 Å². The molecule has 1 atom stereocenters. The van der Waals surface area contributed by atoms with Gasteiger partial charge in [-0.2, -0.15) is 0 Å². The molecular weight excluding hydrogens is 314 g/mol. The first-order valence-corrected chi connectivity index (χ1v) is 9.35. The number of hydrogen-bond acceptors (Lipinski definition) is 4. The zero-order chi connectivity index (χ0) is 17.1. The van der Waals surface area contributed by atoms with Crippen molar-refractivity contribution in [2.24, 2.45) is 5.92 Å². The summed E-state index contributed by atoms with van der Waals surface area (Å²) in [7, 11) is 1.70. The SMILES string of the molecule is COc1ccc(CNCC2CCCn3ccnc32)cc1OCC1CC1. The van der Waals surface area contributed by atoms with Gasteiger partial charge < -0.3 is 19.4 Å². The molecule has 0 amide bonds. The first kappa shape index (κ1) is 16.5. The molecule has 25 heavy (non-hydrogen) atoms. The molecule has 1 saturated carbocycles. The Bertz CT molecular complexity index is 709. The van der Waals surface area contributed by atoms with Crippen LogP contribution in [0.4, 0.5) is 0 Å². The highest BCUT2D eigenvalue weighted by atomic mass is 16.5. The van der Waals surface area contributed by atoms with Crippen LogP contribution in [-0.4, -0.2) is 29.8 Å². The number of nitrogens with one attached hydrogen (secondary N) is 1. The molecule has 2 heterocycles. The number of imidazole rings is 1. The summed E-state index contributed by atoms with van der Waals surface area (Å²) in [5.74, 6) is 4.15. The Balaban J connectivity index is 1.34. The Kier molecular flexibility index (Phi) is 4.92. The first-order chi connectivity index (χ1) is 12.3. The highest BCUT2D eigenvalue weighted by molar-refractivity contribution is 5.43. The van der Waals surface area contributed by atoms with Crippen LogP contribution in [0.2, 0.25) is 0 Å². The van der Waals surface area contributed by atoms with E-state index in [0.29, 0.717) is 5.92 Å². The molecule has 5 nitrogen and oxygen atoms in total. The van der Waals surface area contributed by atoms with Gasteiger partial charge in [0.15, 0.2) is 11.5 Å². The van der Waals surface area contributed by atoms with Crippen molar-refractivity contribution < 1.29 is 9.47 Å². The van der Waals surface area contributed by atoms with Crippen molar-refractivity contribution in [2.45, 2.75) is 44.7 Å². The van der Waals surface area contributed by atoms with Crippen LogP contribution in [-0.2, 0) is 13.1 Å². The van der Waals surface area contributed by atoms with Gasteiger partial charge in [-0.1, -0.05) is 6.07 Å². The van der Waals surface area contributed by atoms with Gasteiger partial charge >= 0.3 is 0 Å². The summed E-state index contributed by atoms with van der Waals surface area (Å²) in [5, 5.41) is 3.59. The van der Waals surface area contributed by atoms with E-state index in [4.69, 9.17) is 9.47 Å². The van der Waals surface area contributed by atoms with Crippen LogP contribution in [0.3, 0.4) is 0 Å². The molecule has 0 saturated heterocycles. The molecule has 1 unspecified atom stereocenters. The number of methoxy groups -OCH3 is 1. The molecule has 0 spiro atoms. The van der Waals surface area contributed by atoms with Crippen LogP contribution < -0.4 is 14.8 Å². The van der Waals surface area contributed by atoms with E-state index in [1.54, 1.807) is 7.11 Å². The second-order valence-electron chi connectivity index (χ2n) is 7.19. The summed E-state index contributed by atoms with van der Waals surface area (Å²) in [5.41, 5.74) is 1.23. The van der Waals surface area contributed by atoms with Crippen LogP contribution in [0.5, 0.6) is 11.5 Å². The third-order valence-corrected chi connectivity index (χ3v) is 5.18. The lowest BCUT2D eigenvalue weighted by Gasteiger charge is -2.23. The molecular formula is C20H27N3O2. The summed E-state index contributed by atoms with van der Waals surface area (Å²) >= 11 is 0. The molecule has 5 heteroatoms. The second-order valence-corrected chi connectivity index (χ2v) is 7.19. The minimum absolute atomic E-state index is 0.507. The van der Waals surface area contributed by atoms with E-state index in [9.17, 15) is 0 Å². The van der Waals surface area contributed by atoms with Crippen molar-refractivity contribution >= 4 is 0 Å². The summed E-state index contributed by atoms with van der Waals surface area (Å²) in [6.45, 7) is 3.70. The zero-order valence-electron chi connectivity index (χ0n) is 14.9. The average molecular weight is 341 g/mol. The van der Waals surface area contributed by atoms with Gasteiger partial charge in [-0.3, -0.25) is 0 Å². The molecule has 134 valence electrons. The van der Waals surface area contributed by atoms with E-state index in [2.05, 4.69) is 33.2 Å². The quantitative estimate of drug-likeness (QED) is 0.800. The largest absolute Gasteiger partial charge is 0.493 e. The summed E-state index contributed by atoms with van der Waals surface area (Å²) in [6, 6.07) is 6.22. The number of rotatable bonds is 8.